The standard InChI is InChI=1S/C9H14O2S4/c1-4-5-9(8(10)11,14-6(2)12)15-7(3)13/h4-5H2,1-3H3,(H,10,11). The van der Waals surface area contributed by atoms with Gasteiger partial charge in [0.25, 0.3) is 0 Å². The highest BCUT2D eigenvalue weighted by atomic mass is 32.2. The fraction of sp³-hybridized carbons (Fsp3) is 0.667. The van der Waals surface area contributed by atoms with Crippen LogP contribution >= 0.6 is 48.0 Å². The maximum Gasteiger partial charge on any atom is 0.330 e. The van der Waals surface area contributed by atoms with Gasteiger partial charge in [-0.1, -0.05) is 61.3 Å². The molecule has 6 heteroatoms. The van der Waals surface area contributed by atoms with E-state index in [4.69, 9.17) is 24.4 Å². The van der Waals surface area contributed by atoms with E-state index in [-0.39, 0.29) is 0 Å². The molecule has 1 N–H and O–H groups in total. The summed E-state index contributed by atoms with van der Waals surface area (Å²) >= 11 is 12.4. The number of rotatable bonds is 5. The molecule has 0 heterocycles. The number of thiocarbonyl (C=S) groups is 2. The van der Waals surface area contributed by atoms with Gasteiger partial charge in [-0.3, -0.25) is 0 Å². The van der Waals surface area contributed by atoms with E-state index in [0.717, 1.165) is 6.42 Å². The van der Waals surface area contributed by atoms with Gasteiger partial charge in [-0.2, -0.15) is 0 Å². The molecule has 0 saturated carbocycles. The summed E-state index contributed by atoms with van der Waals surface area (Å²) in [7, 11) is 0. The molecule has 0 unspecified atom stereocenters. The lowest BCUT2D eigenvalue weighted by molar-refractivity contribution is -0.137. The molecule has 0 bridgehead atoms. The van der Waals surface area contributed by atoms with Crippen LogP contribution in [0.3, 0.4) is 0 Å². The van der Waals surface area contributed by atoms with E-state index in [1.54, 1.807) is 13.8 Å². The van der Waals surface area contributed by atoms with Crippen LogP contribution in [0.25, 0.3) is 0 Å². The van der Waals surface area contributed by atoms with Gasteiger partial charge in [-0.05, 0) is 20.3 Å². The van der Waals surface area contributed by atoms with Crippen LogP contribution in [0.4, 0.5) is 0 Å². The van der Waals surface area contributed by atoms with Crippen molar-refractivity contribution in [1.82, 2.24) is 0 Å². The number of hydrogen-bond donors (Lipinski definition) is 1. The first-order valence-corrected chi connectivity index (χ1v) is 6.91. The van der Waals surface area contributed by atoms with E-state index in [1.165, 1.54) is 23.5 Å². The molecule has 0 radical (unpaired) electrons. The Morgan fingerprint density at radius 3 is 1.87 bits per heavy atom. The molecule has 86 valence electrons. The largest absolute Gasteiger partial charge is 0.480 e. The molecule has 0 fully saturated rings. The molecule has 0 aliphatic rings. The van der Waals surface area contributed by atoms with Crippen molar-refractivity contribution < 1.29 is 9.90 Å². The summed E-state index contributed by atoms with van der Waals surface area (Å²) < 4.78 is 0.330. The van der Waals surface area contributed by atoms with Crippen LogP contribution in [0.2, 0.25) is 0 Å². The van der Waals surface area contributed by atoms with Crippen molar-refractivity contribution >= 4 is 62.3 Å². The molecule has 0 aliphatic heterocycles. The van der Waals surface area contributed by atoms with Crippen molar-refractivity contribution in [3.05, 3.63) is 0 Å². The van der Waals surface area contributed by atoms with Gasteiger partial charge in [0.05, 0.1) is 0 Å². The van der Waals surface area contributed by atoms with E-state index in [2.05, 4.69) is 0 Å². The lowest BCUT2D eigenvalue weighted by atomic mass is 10.2. The molecular weight excluding hydrogens is 268 g/mol. The van der Waals surface area contributed by atoms with Crippen LogP contribution in [0, 0.1) is 0 Å². The number of carbonyl (C=O) groups is 1. The van der Waals surface area contributed by atoms with Gasteiger partial charge < -0.3 is 5.11 Å². The highest BCUT2D eigenvalue weighted by Crippen LogP contribution is 2.43. The van der Waals surface area contributed by atoms with Crippen molar-refractivity contribution in [1.29, 1.82) is 0 Å². The van der Waals surface area contributed by atoms with E-state index < -0.39 is 10.0 Å². The minimum absolute atomic E-state index is 0.555. The lowest BCUT2D eigenvalue weighted by Gasteiger charge is -2.26. The van der Waals surface area contributed by atoms with Crippen molar-refractivity contribution in [3.63, 3.8) is 0 Å². The highest BCUT2D eigenvalue weighted by molar-refractivity contribution is 8.38. The Kier molecular flexibility index (Phi) is 6.99. The van der Waals surface area contributed by atoms with Crippen LogP contribution in [-0.2, 0) is 4.79 Å². The summed E-state index contributed by atoms with van der Waals surface area (Å²) in [5.41, 5.74) is 0. The summed E-state index contributed by atoms with van der Waals surface area (Å²) in [5.74, 6) is -0.854. The van der Waals surface area contributed by atoms with Crippen molar-refractivity contribution in [2.24, 2.45) is 0 Å². The Balaban J connectivity index is 4.96. The van der Waals surface area contributed by atoms with Crippen LogP contribution in [0.1, 0.15) is 33.6 Å². The zero-order valence-corrected chi connectivity index (χ0v) is 12.2. The minimum atomic E-state index is -0.938. The molecule has 0 amide bonds. The predicted octanol–water partition coefficient (Wildman–Crippen LogP) is 3.73. The third-order valence-electron chi connectivity index (χ3n) is 1.52. The molecular formula is C9H14O2S4. The van der Waals surface area contributed by atoms with Crippen LogP contribution in [0.15, 0.2) is 0 Å². The van der Waals surface area contributed by atoms with Crippen molar-refractivity contribution in [2.75, 3.05) is 0 Å². The molecule has 0 aromatic carbocycles. The predicted molar refractivity (Wildman–Crippen MR) is 77.0 cm³/mol. The van der Waals surface area contributed by atoms with Crippen LogP contribution in [0.5, 0.6) is 0 Å². The van der Waals surface area contributed by atoms with Gasteiger partial charge in [0, 0.05) is 8.39 Å². The Morgan fingerprint density at radius 1 is 1.27 bits per heavy atom. The van der Waals surface area contributed by atoms with E-state index >= 15 is 0 Å². The fourth-order valence-corrected chi connectivity index (χ4v) is 4.91. The first kappa shape index (κ1) is 15.3. The van der Waals surface area contributed by atoms with Crippen molar-refractivity contribution in [3.8, 4) is 0 Å². The number of carboxylic acids is 1. The topological polar surface area (TPSA) is 37.3 Å². The molecule has 2 nitrogen and oxygen atoms in total. The molecule has 15 heavy (non-hydrogen) atoms. The molecule has 0 saturated heterocycles. The zero-order chi connectivity index (χ0) is 12.1. The molecule has 0 aromatic rings. The Morgan fingerprint density at radius 2 is 1.67 bits per heavy atom. The highest BCUT2D eigenvalue weighted by Gasteiger charge is 2.40. The molecule has 0 aromatic heterocycles. The van der Waals surface area contributed by atoms with Crippen LogP contribution < -0.4 is 0 Å². The first-order chi connectivity index (χ1) is 6.84. The number of carboxylic acid groups (broad SMARTS) is 1. The smallest absolute Gasteiger partial charge is 0.330 e. The number of hydrogen-bond acceptors (Lipinski definition) is 5. The fourth-order valence-electron chi connectivity index (χ4n) is 1.11. The quantitative estimate of drug-likeness (QED) is 0.612. The molecule has 0 spiro atoms. The van der Waals surface area contributed by atoms with E-state index in [9.17, 15) is 9.90 Å². The Labute approximate surface area is 110 Å². The maximum atomic E-state index is 11.3. The van der Waals surface area contributed by atoms with Gasteiger partial charge in [-0.15, -0.1) is 0 Å². The van der Waals surface area contributed by atoms with Gasteiger partial charge in [0.15, 0.2) is 4.08 Å². The minimum Gasteiger partial charge on any atom is -0.480 e. The maximum absolute atomic E-state index is 11.3. The third kappa shape index (κ3) is 5.29. The van der Waals surface area contributed by atoms with Crippen LogP contribution in [-0.4, -0.2) is 23.5 Å². The second-order valence-corrected chi connectivity index (χ2v) is 8.02. The summed E-state index contributed by atoms with van der Waals surface area (Å²) in [6, 6.07) is 0. The number of aliphatic carboxylic acids is 1. The lowest BCUT2D eigenvalue weighted by Crippen LogP contribution is -2.33. The third-order valence-corrected chi connectivity index (χ3v) is 4.51. The van der Waals surface area contributed by atoms with Gasteiger partial charge in [-0.25, -0.2) is 4.79 Å². The summed E-state index contributed by atoms with van der Waals surface area (Å²) in [5, 5.41) is 9.29. The average Bonchev–Trinajstić information content (AvgIpc) is 2.01. The summed E-state index contributed by atoms with van der Waals surface area (Å²) in [6.45, 7) is 5.44. The van der Waals surface area contributed by atoms with E-state index in [0.29, 0.717) is 14.8 Å². The molecule has 0 atom stereocenters. The average molecular weight is 282 g/mol. The Hall–Kier alpha value is 0.350. The van der Waals surface area contributed by atoms with Gasteiger partial charge >= 0.3 is 5.97 Å². The van der Waals surface area contributed by atoms with Gasteiger partial charge in [0.2, 0.25) is 0 Å². The molecule has 0 rings (SSSR count). The molecule has 0 aliphatic carbocycles. The monoisotopic (exact) mass is 282 g/mol. The van der Waals surface area contributed by atoms with E-state index in [1.807, 2.05) is 6.92 Å². The summed E-state index contributed by atoms with van der Waals surface area (Å²) in [6.07, 6.45) is 1.34. The normalized spacial score (nSPS) is 11.1. The van der Waals surface area contributed by atoms with Gasteiger partial charge in [0.1, 0.15) is 0 Å². The first-order valence-electron chi connectivity index (χ1n) is 4.46. The zero-order valence-electron chi connectivity index (χ0n) is 8.90. The Bertz CT molecular complexity index is 259. The summed E-state index contributed by atoms with van der Waals surface area (Å²) in [4.78, 5) is 11.3. The SMILES string of the molecule is CCCC(SC(C)=S)(SC(C)=S)C(=O)O. The number of thioether (sulfide) groups is 2. The second-order valence-electron chi connectivity index (χ2n) is 3.00. The second kappa shape index (κ2) is 6.83. The van der Waals surface area contributed by atoms with Crippen molar-refractivity contribution in [2.45, 2.75) is 37.7 Å².